The second-order valence-electron chi connectivity index (χ2n) is 4.06. The number of piperidine rings is 1. The Kier molecular flexibility index (Phi) is 4.10. The molecular weight excluding hydrogens is 342 g/mol. The Labute approximate surface area is 118 Å². The van der Waals surface area contributed by atoms with E-state index >= 15 is 0 Å². The van der Waals surface area contributed by atoms with E-state index in [1.165, 1.54) is 4.31 Å². The Balaban J connectivity index is 2.12. The summed E-state index contributed by atoms with van der Waals surface area (Å²) in [5, 5.41) is 10.7. The van der Waals surface area contributed by atoms with Crippen LogP contribution in [0.3, 0.4) is 0 Å². The Morgan fingerprint density at radius 2 is 2.00 bits per heavy atom. The number of halogens is 1. The molecule has 100 valence electrons. The molecule has 0 amide bonds. The van der Waals surface area contributed by atoms with Gasteiger partial charge in [0.25, 0.3) is 10.0 Å². The van der Waals surface area contributed by atoms with E-state index in [9.17, 15) is 18.3 Å². The molecule has 5 nitrogen and oxygen atoms in total. The number of carboxylic acid groups (broad SMARTS) is 1. The smallest absolute Gasteiger partial charge is 0.252 e. The van der Waals surface area contributed by atoms with Gasteiger partial charge in [-0.25, -0.2) is 8.42 Å². The number of carbonyl (C=O) groups is 1. The van der Waals surface area contributed by atoms with Crippen molar-refractivity contribution in [2.24, 2.45) is 5.92 Å². The molecule has 0 unspecified atom stereocenters. The number of sulfonamides is 1. The highest BCUT2D eigenvalue weighted by Crippen LogP contribution is 2.30. The second kappa shape index (κ2) is 5.28. The Bertz CT molecular complexity index is 546. The summed E-state index contributed by atoms with van der Waals surface area (Å²) in [5.41, 5.74) is 0. The molecule has 1 aliphatic heterocycles. The number of hydrogen-bond donors (Lipinski definition) is 0. The predicted molar refractivity (Wildman–Crippen MR) is 68.5 cm³/mol. The van der Waals surface area contributed by atoms with Crippen LogP contribution in [0.1, 0.15) is 12.8 Å². The van der Waals surface area contributed by atoms with Crippen molar-refractivity contribution in [2.45, 2.75) is 17.1 Å². The highest BCUT2D eigenvalue weighted by molar-refractivity contribution is 9.11. The SMILES string of the molecule is O=C([O-])C1CCN(S(=O)(=O)c2ccc(Br)s2)CC1. The van der Waals surface area contributed by atoms with Gasteiger partial charge in [-0.2, -0.15) is 4.31 Å². The molecule has 18 heavy (non-hydrogen) atoms. The first-order valence-electron chi connectivity index (χ1n) is 5.37. The molecule has 0 radical (unpaired) electrons. The van der Waals surface area contributed by atoms with Crippen LogP contribution >= 0.6 is 27.3 Å². The molecule has 2 heterocycles. The lowest BCUT2D eigenvalue weighted by Crippen LogP contribution is -2.43. The van der Waals surface area contributed by atoms with Crippen LogP contribution in [0.25, 0.3) is 0 Å². The molecule has 1 saturated heterocycles. The topological polar surface area (TPSA) is 77.5 Å². The van der Waals surface area contributed by atoms with Crippen LogP contribution in [-0.2, 0) is 14.8 Å². The Hall–Kier alpha value is -0.440. The van der Waals surface area contributed by atoms with E-state index in [0.717, 1.165) is 15.1 Å². The van der Waals surface area contributed by atoms with Crippen LogP contribution in [0.4, 0.5) is 0 Å². The third-order valence-corrected chi connectivity index (χ3v) is 6.92. The fourth-order valence-electron chi connectivity index (χ4n) is 1.90. The van der Waals surface area contributed by atoms with Gasteiger partial charge in [-0.3, -0.25) is 0 Å². The van der Waals surface area contributed by atoms with Crippen molar-refractivity contribution in [1.82, 2.24) is 4.31 Å². The van der Waals surface area contributed by atoms with Crippen molar-refractivity contribution < 1.29 is 18.3 Å². The van der Waals surface area contributed by atoms with E-state index < -0.39 is 21.9 Å². The molecule has 1 aromatic heterocycles. The molecule has 1 aliphatic rings. The average molecular weight is 353 g/mol. The van der Waals surface area contributed by atoms with Gasteiger partial charge in [0.05, 0.1) is 3.79 Å². The quantitative estimate of drug-likeness (QED) is 0.800. The van der Waals surface area contributed by atoms with Crippen LogP contribution < -0.4 is 5.11 Å². The van der Waals surface area contributed by atoms with Crippen molar-refractivity contribution >= 4 is 43.3 Å². The van der Waals surface area contributed by atoms with Gasteiger partial charge in [-0.05, 0) is 40.9 Å². The van der Waals surface area contributed by atoms with Crippen molar-refractivity contribution in [3.05, 3.63) is 15.9 Å². The van der Waals surface area contributed by atoms with Crippen LogP contribution in [0.5, 0.6) is 0 Å². The number of carboxylic acids is 1. The van der Waals surface area contributed by atoms with Gasteiger partial charge in [-0.15, -0.1) is 11.3 Å². The van der Waals surface area contributed by atoms with Crippen LogP contribution in [-0.4, -0.2) is 31.8 Å². The second-order valence-corrected chi connectivity index (χ2v) is 8.68. The van der Waals surface area contributed by atoms with E-state index in [1.807, 2.05) is 0 Å². The molecule has 8 heteroatoms. The maximum Gasteiger partial charge on any atom is 0.252 e. The zero-order valence-electron chi connectivity index (χ0n) is 9.34. The van der Waals surface area contributed by atoms with Crippen molar-refractivity contribution in [3.63, 3.8) is 0 Å². The zero-order valence-corrected chi connectivity index (χ0v) is 12.6. The first-order chi connectivity index (χ1) is 8.41. The summed E-state index contributed by atoms with van der Waals surface area (Å²) in [5.74, 6) is -1.63. The van der Waals surface area contributed by atoms with E-state index in [2.05, 4.69) is 15.9 Å². The fraction of sp³-hybridized carbons (Fsp3) is 0.500. The lowest BCUT2D eigenvalue weighted by atomic mass is 9.99. The molecule has 0 saturated carbocycles. The molecule has 0 aliphatic carbocycles. The van der Waals surface area contributed by atoms with Gasteiger partial charge in [-0.1, -0.05) is 0 Å². The third-order valence-electron chi connectivity index (χ3n) is 2.93. The van der Waals surface area contributed by atoms with Crippen LogP contribution in [0, 0.1) is 5.92 Å². The number of hydrogen-bond acceptors (Lipinski definition) is 5. The van der Waals surface area contributed by atoms with Gasteiger partial charge in [0.1, 0.15) is 4.21 Å². The molecule has 0 atom stereocenters. The fourth-order valence-corrected chi connectivity index (χ4v) is 5.53. The Morgan fingerprint density at radius 3 is 2.44 bits per heavy atom. The zero-order chi connectivity index (χ0) is 13.3. The summed E-state index contributed by atoms with van der Waals surface area (Å²) in [6, 6.07) is 3.24. The summed E-state index contributed by atoms with van der Waals surface area (Å²) in [6.45, 7) is 0.465. The van der Waals surface area contributed by atoms with Crippen molar-refractivity contribution in [3.8, 4) is 0 Å². The van der Waals surface area contributed by atoms with E-state index in [0.29, 0.717) is 12.8 Å². The lowest BCUT2D eigenvalue weighted by Gasteiger charge is -2.31. The van der Waals surface area contributed by atoms with Crippen LogP contribution in [0.2, 0.25) is 0 Å². The molecular formula is C10H11BrNO4S2-. The largest absolute Gasteiger partial charge is 0.550 e. The number of nitrogens with zero attached hydrogens (tertiary/aromatic N) is 1. The standard InChI is InChI=1S/C10H12BrNO4S2/c11-8-1-2-9(17-8)18(15,16)12-5-3-7(4-6-12)10(13)14/h1-2,7H,3-6H2,(H,13,14)/p-1. The average Bonchev–Trinajstić information content (AvgIpc) is 2.76. The highest BCUT2D eigenvalue weighted by Gasteiger charge is 2.30. The minimum atomic E-state index is -3.48. The molecule has 0 spiro atoms. The summed E-state index contributed by atoms with van der Waals surface area (Å²) >= 11 is 4.38. The van der Waals surface area contributed by atoms with Gasteiger partial charge in [0.15, 0.2) is 0 Å². The number of thiophene rings is 1. The first-order valence-corrected chi connectivity index (χ1v) is 8.42. The van der Waals surface area contributed by atoms with E-state index in [1.54, 1.807) is 12.1 Å². The minimum Gasteiger partial charge on any atom is -0.550 e. The van der Waals surface area contributed by atoms with Crippen molar-refractivity contribution in [1.29, 1.82) is 0 Å². The predicted octanol–water partition coefficient (Wildman–Crippen LogP) is 0.661. The molecule has 0 aromatic carbocycles. The highest BCUT2D eigenvalue weighted by atomic mass is 79.9. The summed E-state index contributed by atoms with van der Waals surface area (Å²) in [4.78, 5) is 10.7. The van der Waals surface area contributed by atoms with Gasteiger partial charge >= 0.3 is 0 Å². The summed E-state index contributed by atoms with van der Waals surface area (Å²) in [6.07, 6.45) is 0.627. The summed E-state index contributed by atoms with van der Waals surface area (Å²) < 4.78 is 26.8. The number of carbonyl (C=O) groups excluding carboxylic acids is 1. The Morgan fingerprint density at radius 1 is 1.39 bits per heavy atom. The van der Waals surface area contributed by atoms with Gasteiger partial charge in [0, 0.05) is 25.0 Å². The minimum absolute atomic E-state index is 0.233. The monoisotopic (exact) mass is 352 g/mol. The normalized spacial score (nSPS) is 18.9. The maximum absolute atomic E-state index is 12.2. The lowest BCUT2D eigenvalue weighted by molar-refractivity contribution is -0.312. The molecule has 0 N–H and O–H groups in total. The van der Waals surface area contributed by atoms with Gasteiger partial charge in [0.2, 0.25) is 0 Å². The molecule has 2 rings (SSSR count). The van der Waals surface area contributed by atoms with Crippen LogP contribution in [0.15, 0.2) is 20.1 Å². The van der Waals surface area contributed by atoms with Crippen molar-refractivity contribution in [2.75, 3.05) is 13.1 Å². The summed E-state index contributed by atoms with van der Waals surface area (Å²) in [7, 11) is -3.48. The number of rotatable bonds is 3. The first kappa shape index (κ1) is 14.0. The third kappa shape index (κ3) is 2.76. The molecule has 1 fully saturated rings. The maximum atomic E-state index is 12.2. The molecule has 1 aromatic rings. The molecule has 0 bridgehead atoms. The number of aliphatic carboxylic acids is 1. The van der Waals surface area contributed by atoms with E-state index in [4.69, 9.17) is 0 Å². The van der Waals surface area contributed by atoms with E-state index in [-0.39, 0.29) is 17.3 Å². The van der Waals surface area contributed by atoms with Gasteiger partial charge < -0.3 is 9.90 Å².